The molecule has 1 amide bonds. The first-order valence-corrected chi connectivity index (χ1v) is 9.67. The predicted molar refractivity (Wildman–Crippen MR) is 114 cm³/mol. The molecule has 0 aliphatic rings. The lowest BCUT2D eigenvalue weighted by Crippen LogP contribution is -2.32. The topological polar surface area (TPSA) is 69.6 Å². The molecule has 0 unspecified atom stereocenters. The Balaban J connectivity index is 2.31. The maximum Gasteiger partial charge on any atom is 0.337 e. The fraction of sp³-hybridized carbons (Fsp3) is 0.391. The van der Waals surface area contributed by atoms with Gasteiger partial charge in [0.2, 0.25) is 0 Å². The van der Waals surface area contributed by atoms with Crippen molar-refractivity contribution in [2.24, 2.45) is 11.8 Å². The number of amides is 1. The number of hydrogen-bond acceptors (Lipinski definition) is 3. The Bertz CT molecular complexity index is 816. The van der Waals surface area contributed by atoms with Crippen molar-refractivity contribution in [1.82, 2.24) is 0 Å². The molecule has 0 radical (unpaired) electrons. The molecular formula is C23H30N2O3. The maximum absolute atomic E-state index is 12.4. The maximum atomic E-state index is 12.4. The van der Waals surface area contributed by atoms with Gasteiger partial charge in [-0.3, -0.25) is 4.79 Å². The number of anilines is 2. The summed E-state index contributed by atoms with van der Waals surface area (Å²) in [6.45, 7) is 12.0. The summed E-state index contributed by atoms with van der Waals surface area (Å²) in [5, 5.41) is 12.5. The van der Waals surface area contributed by atoms with Crippen molar-refractivity contribution >= 4 is 23.3 Å². The summed E-state index contributed by atoms with van der Waals surface area (Å²) in [4.78, 5) is 26.5. The molecule has 5 nitrogen and oxygen atoms in total. The molecule has 2 rings (SSSR count). The highest BCUT2D eigenvalue weighted by Gasteiger charge is 2.19. The Morgan fingerprint density at radius 3 is 2.04 bits per heavy atom. The van der Waals surface area contributed by atoms with Gasteiger partial charge in [-0.2, -0.15) is 0 Å². The van der Waals surface area contributed by atoms with Crippen LogP contribution in [0, 0.1) is 18.8 Å². The van der Waals surface area contributed by atoms with Gasteiger partial charge in [0.1, 0.15) is 0 Å². The van der Waals surface area contributed by atoms with E-state index in [1.807, 2.05) is 19.1 Å². The van der Waals surface area contributed by atoms with Crippen molar-refractivity contribution in [2.45, 2.75) is 34.6 Å². The molecule has 2 aromatic carbocycles. The molecule has 0 aliphatic carbocycles. The molecule has 0 saturated heterocycles. The van der Waals surface area contributed by atoms with Crippen LogP contribution in [0.3, 0.4) is 0 Å². The number of nitrogens with zero attached hydrogens (tertiary/aromatic N) is 1. The molecule has 2 aromatic rings. The number of benzene rings is 2. The standard InChI is InChI=1S/C23H30N2O3/c1-15(2)13-25(14-16(3)4)21-11-10-19(12-20(21)23(27)28)24-22(26)18-8-6-17(5)7-9-18/h6-12,15-16H,13-14H2,1-5H3,(H,24,26)(H,27,28). The van der Waals surface area contributed by atoms with E-state index in [4.69, 9.17) is 0 Å². The number of rotatable bonds is 8. The van der Waals surface area contributed by atoms with Crippen molar-refractivity contribution in [1.29, 1.82) is 0 Å². The average Bonchev–Trinajstić information content (AvgIpc) is 2.60. The molecular weight excluding hydrogens is 352 g/mol. The van der Waals surface area contributed by atoms with Crippen LogP contribution in [0.25, 0.3) is 0 Å². The fourth-order valence-electron chi connectivity index (χ4n) is 3.12. The second-order valence-corrected chi connectivity index (χ2v) is 8.05. The van der Waals surface area contributed by atoms with E-state index in [1.54, 1.807) is 24.3 Å². The van der Waals surface area contributed by atoms with Gasteiger partial charge >= 0.3 is 5.97 Å². The number of carboxylic acid groups (broad SMARTS) is 1. The molecule has 0 heterocycles. The number of aryl methyl sites for hydroxylation is 1. The molecule has 0 bridgehead atoms. The first-order chi connectivity index (χ1) is 13.2. The highest BCUT2D eigenvalue weighted by atomic mass is 16.4. The first kappa shape index (κ1) is 21.5. The molecule has 150 valence electrons. The minimum absolute atomic E-state index is 0.197. The molecule has 0 fully saturated rings. The minimum atomic E-state index is -1.00. The van der Waals surface area contributed by atoms with Gasteiger partial charge in [0.15, 0.2) is 0 Å². The van der Waals surface area contributed by atoms with Crippen molar-refractivity contribution in [3.05, 3.63) is 59.2 Å². The van der Waals surface area contributed by atoms with Gasteiger partial charge in [-0.1, -0.05) is 45.4 Å². The predicted octanol–water partition coefficient (Wildman–Crippen LogP) is 5.06. The van der Waals surface area contributed by atoms with Gasteiger partial charge in [0.25, 0.3) is 5.91 Å². The monoisotopic (exact) mass is 382 g/mol. The summed E-state index contributed by atoms with van der Waals surface area (Å²) < 4.78 is 0. The summed E-state index contributed by atoms with van der Waals surface area (Å²) >= 11 is 0. The summed E-state index contributed by atoms with van der Waals surface area (Å²) in [5.41, 5.74) is 2.96. The van der Waals surface area contributed by atoms with Gasteiger partial charge < -0.3 is 15.3 Å². The molecule has 28 heavy (non-hydrogen) atoms. The van der Waals surface area contributed by atoms with Crippen LogP contribution in [0.5, 0.6) is 0 Å². The van der Waals surface area contributed by atoms with Crippen molar-refractivity contribution in [3.63, 3.8) is 0 Å². The molecule has 0 atom stereocenters. The molecule has 2 N–H and O–H groups in total. The van der Waals surface area contributed by atoms with Gasteiger partial charge in [-0.05, 0) is 49.1 Å². The number of carboxylic acids is 1. The smallest absolute Gasteiger partial charge is 0.337 e. The number of carbonyl (C=O) groups is 2. The van der Waals surface area contributed by atoms with Crippen molar-refractivity contribution in [3.8, 4) is 0 Å². The Morgan fingerprint density at radius 2 is 1.54 bits per heavy atom. The van der Waals surface area contributed by atoms with Crippen LogP contribution in [-0.4, -0.2) is 30.1 Å². The van der Waals surface area contributed by atoms with Crippen LogP contribution in [-0.2, 0) is 0 Å². The highest BCUT2D eigenvalue weighted by Crippen LogP contribution is 2.27. The van der Waals surface area contributed by atoms with Crippen molar-refractivity contribution in [2.75, 3.05) is 23.3 Å². The average molecular weight is 383 g/mol. The minimum Gasteiger partial charge on any atom is -0.478 e. The Morgan fingerprint density at radius 1 is 0.964 bits per heavy atom. The molecule has 0 aliphatic heterocycles. The van der Waals surface area contributed by atoms with Crippen LogP contribution < -0.4 is 10.2 Å². The SMILES string of the molecule is Cc1ccc(C(=O)Nc2ccc(N(CC(C)C)CC(C)C)c(C(=O)O)c2)cc1. The number of hydrogen-bond donors (Lipinski definition) is 2. The molecule has 0 saturated carbocycles. The third-order valence-electron chi connectivity index (χ3n) is 4.31. The summed E-state index contributed by atoms with van der Waals surface area (Å²) in [5.74, 6) is -0.452. The van der Waals surface area contributed by atoms with Crippen molar-refractivity contribution < 1.29 is 14.7 Å². The van der Waals surface area contributed by atoms with Crippen LogP contribution in [0.4, 0.5) is 11.4 Å². The van der Waals surface area contributed by atoms with E-state index in [2.05, 4.69) is 37.9 Å². The fourth-order valence-corrected chi connectivity index (χ4v) is 3.12. The lowest BCUT2D eigenvalue weighted by atomic mass is 10.1. The second kappa shape index (κ2) is 9.40. The van der Waals surface area contributed by atoms with E-state index in [1.165, 1.54) is 6.07 Å². The normalized spacial score (nSPS) is 11.0. The second-order valence-electron chi connectivity index (χ2n) is 8.05. The third kappa shape index (κ3) is 5.84. The van der Waals surface area contributed by atoms with Crippen LogP contribution in [0.2, 0.25) is 0 Å². The summed E-state index contributed by atoms with van der Waals surface area (Å²) in [6.07, 6.45) is 0. The van der Waals surface area contributed by atoms with E-state index in [0.29, 0.717) is 28.8 Å². The van der Waals surface area contributed by atoms with Gasteiger partial charge in [0, 0.05) is 24.3 Å². The Labute approximate surface area is 167 Å². The molecule has 0 aromatic heterocycles. The largest absolute Gasteiger partial charge is 0.478 e. The zero-order valence-corrected chi connectivity index (χ0v) is 17.3. The van der Waals surface area contributed by atoms with E-state index in [9.17, 15) is 14.7 Å². The van der Waals surface area contributed by atoms with Crippen LogP contribution in [0.1, 0.15) is 54.0 Å². The van der Waals surface area contributed by atoms with Crippen LogP contribution >= 0.6 is 0 Å². The van der Waals surface area contributed by atoms with Crippen LogP contribution in [0.15, 0.2) is 42.5 Å². The lowest BCUT2D eigenvalue weighted by Gasteiger charge is -2.30. The summed E-state index contributed by atoms with van der Waals surface area (Å²) in [7, 11) is 0. The van der Waals surface area contributed by atoms with Gasteiger partial charge in [-0.25, -0.2) is 4.79 Å². The number of nitrogens with one attached hydrogen (secondary N) is 1. The zero-order chi connectivity index (χ0) is 20.8. The zero-order valence-electron chi connectivity index (χ0n) is 17.3. The lowest BCUT2D eigenvalue weighted by molar-refractivity contribution is 0.0697. The Kier molecular flexibility index (Phi) is 7.21. The summed E-state index contributed by atoms with van der Waals surface area (Å²) in [6, 6.07) is 12.3. The number of carbonyl (C=O) groups excluding carboxylic acids is 1. The quantitative estimate of drug-likeness (QED) is 0.669. The highest BCUT2D eigenvalue weighted by molar-refractivity contribution is 6.05. The van der Waals surface area contributed by atoms with E-state index in [0.717, 1.165) is 18.7 Å². The molecule has 5 heteroatoms. The molecule has 0 spiro atoms. The number of aromatic carboxylic acids is 1. The van der Waals surface area contributed by atoms with E-state index in [-0.39, 0.29) is 11.5 Å². The Hall–Kier alpha value is -2.82. The van der Waals surface area contributed by atoms with E-state index < -0.39 is 5.97 Å². The van der Waals surface area contributed by atoms with E-state index >= 15 is 0 Å². The first-order valence-electron chi connectivity index (χ1n) is 9.67. The van der Waals surface area contributed by atoms with Gasteiger partial charge in [-0.15, -0.1) is 0 Å². The van der Waals surface area contributed by atoms with Gasteiger partial charge in [0.05, 0.1) is 11.3 Å². The third-order valence-corrected chi connectivity index (χ3v) is 4.31.